The highest BCUT2D eigenvalue weighted by atomic mass is 127. The molecule has 0 aliphatic carbocycles. The minimum absolute atomic E-state index is 0. The van der Waals surface area contributed by atoms with Gasteiger partial charge in [-0.1, -0.05) is 17.7 Å². The molecule has 0 bridgehead atoms. The lowest BCUT2D eigenvalue weighted by Crippen LogP contribution is -2.38. The van der Waals surface area contributed by atoms with Crippen LogP contribution in [-0.2, 0) is 6.54 Å². The highest BCUT2D eigenvalue weighted by Gasteiger charge is 2.01. The number of hydrogen-bond acceptors (Lipinski definition) is 4. The van der Waals surface area contributed by atoms with Gasteiger partial charge in [0.15, 0.2) is 5.96 Å². The van der Waals surface area contributed by atoms with Crippen LogP contribution in [-0.4, -0.2) is 31.1 Å². The maximum Gasteiger partial charge on any atom is 0.191 e. The zero-order valence-electron chi connectivity index (χ0n) is 13.0. The first-order chi connectivity index (χ1) is 10.7. The van der Waals surface area contributed by atoms with Gasteiger partial charge in [0.1, 0.15) is 17.4 Å². The molecular weight excluding hydrogens is 447 g/mol. The van der Waals surface area contributed by atoms with Crippen LogP contribution in [0.25, 0.3) is 0 Å². The van der Waals surface area contributed by atoms with Gasteiger partial charge in [0, 0.05) is 23.1 Å². The summed E-state index contributed by atoms with van der Waals surface area (Å²) in [6, 6.07) is 7.35. The molecule has 0 fully saturated rings. The molecule has 0 aliphatic rings. The molecule has 1 aromatic heterocycles. The van der Waals surface area contributed by atoms with Crippen LogP contribution in [0.2, 0.25) is 5.02 Å². The van der Waals surface area contributed by atoms with Crippen molar-refractivity contribution < 1.29 is 4.74 Å². The van der Waals surface area contributed by atoms with Gasteiger partial charge in [0.25, 0.3) is 0 Å². The SMILES string of the molecule is CN=C(NCCOc1cccc(Cl)c1)NCc1ncc(C)s1.I. The molecule has 126 valence electrons. The third kappa shape index (κ3) is 7.36. The van der Waals surface area contributed by atoms with Crippen molar-refractivity contribution in [3.05, 3.63) is 45.4 Å². The monoisotopic (exact) mass is 466 g/mol. The van der Waals surface area contributed by atoms with E-state index in [9.17, 15) is 0 Å². The summed E-state index contributed by atoms with van der Waals surface area (Å²) in [7, 11) is 1.74. The van der Waals surface area contributed by atoms with E-state index < -0.39 is 0 Å². The van der Waals surface area contributed by atoms with E-state index in [1.54, 1.807) is 24.5 Å². The van der Waals surface area contributed by atoms with Crippen LogP contribution in [0, 0.1) is 6.92 Å². The molecule has 1 heterocycles. The lowest BCUT2D eigenvalue weighted by molar-refractivity contribution is 0.322. The number of benzene rings is 1. The molecule has 5 nitrogen and oxygen atoms in total. The number of ether oxygens (including phenoxy) is 1. The standard InChI is InChI=1S/C15H19ClN4OS.HI/c1-11-9-19-14(22-11)10-20-15(17-2)18-6-7-21-13-5-3-4-12(16)8-13;/h3-5,8-9H,6-7,10H2,1-2H3,(H2,17,18,20);1H. The summed E-state index contributed by atoms with van der Waals surface area (Å²) in [5.74, 6) is 1.48. The largest absolute Gasteiger partial charge is 0.492 e. The number of aryl methyl sites for hydroxylation is 1. The van der Waals surface area contributed by atoms with Crippen molar-refractivity contribution in [3.63, 3.8) is 0 Å². The van der Waals surface area contributed by atoms with Crippen molar-refractivity contribution in [2.45, 2.75) is 13.5 Å². The number of nitrogens with zero attached hydrogens (tertiary/aromatic N) is 2. The molecule has 2 rings (SSSR count). The number of guanidine groups is 1. The molecule has 0 saturated carbocycles. The van der Waals surface area contributed by atoms with Crippen LogP contribution in [0.3, 0.4) is 0 Å². The highest BCUT2D eigenvalue weighted by Crippen LogP contribution is 2.16. The number of aromatic nitrogens is 1. The normalized spacial score (nSPS) is 10.8. The fourth-order valence-electron chi connectivity index (χ4n) is 1.76. The Balaban J connectivity index is 0.00000264. The maximum absolute atomic E-state index is 5.90. The molecule has 0 radical (unpaired) electrons. The second-order valence-corrected chi connectivity index (χ2v) is 6.28. The van der Waals surface area contributed by atoms with Crippen molar-refractivity contribution in [1.82, 2.24) is 15.6 Å². The van der Waals surface area contributed by atoms with Gasteiger partial charge in [0.05, 0.1) is 13.1 Å². The summed E-state index contributed by atoms with van der Waals surface area (Å²) in [6.07, 6.45) is 1.87. The van der Waals surface area contributed by atoms with Crippen LogP contribution in [0.15, 0.2) is 35.5 Å². The van der Waals surface area contributed by atoms with Crippen LogP contribution < -0.4 is 15.4 Å². The Morgan fingerprint density at radius 2 is 2.22 bits per heavy atom. The predicted octanol–water partition coefficient (Wildman–Crippen LogP) is 3.47. The van der Waals surface area contributed by atoms with Crippen molar-refractivity contribution >= 4 is 52.9 Å². The Hall–Kier alpha value is -1.06. The Morgan fingerprint density at radius 1 is 1.39 bits per heavy atom. The Labute approximate surface area is 162 Å². The average Bonchev–Trinajstić information content (AvgIpc) is 2.92. The molecule has 1 aromatic carbocycles. The minimum atomic E-state index is 0. The van der Waals surface area contributed by atoms with Crippen LogP contribution in [0.5, 0.6) is 5.75 Å². The summed E-state index contributed by atoms with van der Waals surface area (Å²) in [4.78, 5) is 9.67. The van der Waals surface area contributed by atoms with E-state index in [4.69, 9.17) is 16.3 Å². The van der Waals surface area contributed by atoms with Gasteiger partial charge in [-0.2, -0.15) is 0 Å². The van der Waals surface area contributed by atoms with Crippen LogP contribution in [0.1, 0.15) is 9.88 Å². The summed E-state index contributed by atoms with van der Waals surface area (Å²) in [5.41, 5.74) is 0. The highest BCUT2D eigenvalue weighted by molar-refractivity contribution is 14.0. The second kappa shape index (κ2) is 10.7. The summed E-state index contributed by atoms with van der Waals surface area (Å²) >= 11 is 7.58. The molecule has 23 heavy (non-hydrogen) atoms. The fourth-order valence-corrected chi connectivity index (χ4v) is 2.67. The van der Waals surface area contributed by atoms with Crippen molar-refractivity contribution in [1.29, 1.82) is 0 Å². The quantitative estimate of drug-likeness (QED) is 0.296. The molecule has 0 amide bonds. The number of rotatable bonds is 6. The van der Waals surface area contributed by atoms with Crippen molar-refractivity contribution in [2.75, 3.05) is 20.2 Å². The molecule has 0 spiro atoms. The summed E-state index contributed by atoms with van der Waals surface area (Å²) in [5, 5.41) is 8.11. The number of thiazole rings is 1. The Morgan fingerprint density at radius 3 is 2.87 bits per heavy atom. The topological polar surface area (TPSA) is 58.5 Å². The number of nitrogens with one attached hydrogen (secondary N) is 2. The molecule has 2 N–H and O–H groups in total. The first-order valence-corrected chi connectivity index (χ1v) is 8.11. The molecule has 2 aromatic rings. The molecular formula is C15H20ClIN4OS. The maximum atomic E-state index is 5.90. The fraction of sp³-hybridized carbons (Fsp3) is 0.333. The summed E-state index contributed by atoms with van der Waals surface area (Å²) in [6.45, 7) is 3.87. The lowest BCUT2D eigenvalue weighted by atomic mass is 10.3. The molecule has 0 saturated heterocycles. The lowest BCUT2D eigenvalue weighted by Gasteiger charge is -2.11. The van der Waals surface area contributed by atoms with Gasteiger partial charge < -0.3 is 15.4 Å². The van der Waals surface area contributed by atoms with E-state index in [1.165, 1.54) is 4.88 Å². The number of hydrogen-bond donors (Lipinski definition) is 2. The average molecular weight is 467 g/mol. The Bertz CT molecular complexity index is 635. The third-order valence-electron chi connectivity index (χ3n) is 2.76. The van der Waals surface area contributed by atoms with Crippen molar-refractivity contribution in [3.8, 4) is 5.75 Å². The predicted molar refractivity (Wildman–Crippen MR) is 107 cm³/mol. The smallest absolute Gasteiger partial charge is 0.191 e. The summed E-state index contributed by atoms with van der Waals surface area (Å²) < 4.78 is 5.61. The van der Waals surface area contributed by atoms with Crippen LogP contribution >= 0.6 is 46.9 Å². The van der Waals surface area contributed by atoms with Gasteiger partial charge in [-0.3, -0.25) is 4.99 Å². The second-order valence-electron chi connectivity index (χ2n) is 4.52. The van der Waals surface area contributed by atoms with E-state index in [0.29, 0.717) is 24.7 Å². The van der Waals surface area contributed by atoms with E-state index >= 15 is 0 Å². The van der Waals surface area contributed by atoms with E-state index in [1.807, 2.05) is 31.3 Å². The van der Waals surface area contributed by atoms with E-state index in [-0.39, 0.29) is 24.0 Å². The number of aliphatic imine (C=N–C) groups is 1. The van der Waals surface area contributed by atoms with Gasteiger partial charge in [0.2, 0.25) is 0 Å². The molecule has 0 unspecified atom stereocenters. The first kappa shape index (κ1) is 20.0. The van der Waals surface area contributed by atoms with Gasteiger partial charge in [-0.05, 0) is 25.1 Å². The molecule has 8 heteroatoms. The van der Waals surface area contributed by atoms with Gasteiger partial charge in [-0.15, -0.1) is 35.3 Å². The van der Waals surface area contributed by atoms with Crippen molar-refractivity contribution in [2.24, 2.45) is 4.99 Å². The van der Waals surface area contributed by atoms with E-state index in [0.717, 1.165) is 16.7 Å². The molecule has 0 atom stereocenters. The zero-order chi connectivity index (χ0) is 15.8. The Kier molecular flexibility index (Phi) is 9.27. The minimum Gasteiger partial charge on any atom is -0.492 e. The number of halogens is 2. The van der Waals surface area contributed by atoms with E-state index in [2.05, 4.69) is 20.6 Å². The van der Waals surface area contributed by atoms with Crippen LogP contribution in [0.4, 0.5) is 0 Å². The third-order valence-corrected chi connectivity index (χ3v) is 3.91. The molecule has 0 aliphatic heterocycles. The van der Waals surface area contributed by atoms with Gasteiger partial charge in [-0.25, -0.2) is 4.98 Å². The zero-order valence-corrected chi connectivity index (χ0v) is 16.9. The first-order valence-electron chi connectivity index (χ1n) is 6.91. The van der Waals surface area contributed by atoms with Gasteiger partial charge >= 0.3 is 0 Å².